The molecule has 0 aliphatic carbocycles. The van der Waals surface area contributed by atoms with Gasteiger partial charge in [0.2, 0.25) is 11.8 Å². The van der Waals surface area contributed by atoms with Crippen molar-refractivity contribution in [2.75, 3.05) is 5.32 Å². The number of anilines is 1. The number of hydrogen-bond acceptors (Lipinski definition) is 4. The van der Waals surface area contributed by atoms with Crippen molar-refractivity contribution in [2.24, 2.45) is 0 Å². The molecule has 30 heavy (non-hydrogen) atoms. The molecule has 5 nitrogen and oxygen atoms in total. The molecule has 0 aliphatic heterocycles. The quantitative estimate of drug-likeness (QED) is 0.368. The van der Waals surface area contributed by atoms with Crippen LogP contribution in [0.25, 0.3) is 22.4 Å². The number of hydrogen-bond donors (Lipinski definition) is 1. The Hall–Kier alpha value is -2.86. The van der Waals surface area contributed by atoms with Gasteiger partial charge in [-0.1, -0.05) is 58.2 Å². The summed E-state index contributed by atoms with van der Waals surface area (Å²) >= 11 is 18.5. The molecule has 0 atom stereocenters. The molecule has 0 spiro atoms. The number of halogens is 3. The van der Waals surface area contributed by atoms with E-state index in [-0.39, 0.29) is 18.2 Å². The fourth-order valence-corrected chi connectivity index (χ4v) is 3.76. The minimum absolute atomic E-state index is 0.0918. The van der Waals surface area contributed by atoms with E-state index in [2.05, 4.69) is 15.5 Å². The highest BCUT2D eigenvalue weighted by Gasteiger charge is 2.22. The van der Waals surface area contributed by atoms with Crippen molar-refractivity contribution in [2.45, 2.75) is 6.42 Å². The van der Waals surface area contributed by atoms with Gasteiger partial charge in [-0.15, -0.1) is 0 Å². The van der Waals surface area contributed by atoms with E-state index >= 15 is 0 Å². The van der Waals surface area contributed by atoms with Crippen LogP contribution in [0.2, 0.25) is 15.1 Å². The fourth-order valence-electron chi connectivity index (χ4n) is 3.03. The molecule has 2 heterocycles. The van der Waals surface area contributed by atoms with Crippen LogP contribution in [0.4, 0.5) is 5.88 Å². The number of pyridine rings is 1. The lowest BCUT2D eigenvalue weighted by molar-refractivity contribution is -0.115. The van der Waals surface area contributed by atoms with E-state index in [1.807, 2.05) is 12.1 Å². The molecule has 0 bridgehead atoms. The number of aromatic nitrogens is 2. The number of carbonyl (C=O) groups excluding carboxylic acids is 1. The maximum absolute atomic E-state index is 12.7. The van der Waals surface area contributed by atoms with Crippen LogP contribution in [-0.2, 0) is 11.2 Å². The Morgan fingerprint density at radius 1 is 0.933 bits per heavy atom. The molecule has 1 N–H and O–H groups in total. The van der Waals surface area contributed by atoms with Crippen LogP contribution in [0.1, 0.15) is 5.56 Å². The standard InChI is InChI=1S/C22H14Cl3N3O2/c23-16-9-15(10-17(24)12-16)21-20(13-5-7-26-8-6-13)22(30-28-21)27-19(29)11-14-3-1-2-4-18(14)25/h1-10,12H,11H2,(H,27,29). The molecule has 0 saturated carbocycles. The van der Waals surface area contributed by atoms with Crippen molar-refractivity contribution >= 4 is 46.6 Å². The van der Waals surface area contributed by atoms with Gasteiger partial charge in [0.1, 0.15) is 5.69 Å². The van der Waals surface area contributed by atoms with Gasteiger partial charge in [0, 0.05) is 33.0 Å². The summed E-state index contributed by atoms with van der Waals surface area (Å²) in [5, 5.41) is 8.41. The van der Waals surface area contributed by atoms with E-state index in [0.717, 1.165) is 5.56 Å². The first kappa shape index (κ1) is 20.4. The number of nitrogens with zero attached hydrogens (tertiary/aromatic N) is 2. The minimum atomic E-state index is -0.287. The van der Waals surface area contributed by atoms with Gasteiger partial charge in [-0.05, 0) is 47.5 Å². The predicted molar refractivity (Wildman–Crippen MR) is 119 cm³/mol. The van der Waals surface area contributed by atoms with Gasteiger partial charge >= 0.3 is 0 Å². The van der Waals surface area contributed by atoms with Crippen LogP contribution < -0.4 is 5.32 Å². The molecule has 0 radical (unpaired) electrons. The summed E-state index contributed by atoms with van der Waals surface area (Å²) in [7, 11) is 0. The van der Waals surface area contributed by atoms with Gasteiger partial charge in [0.05, 0.1) is 12.0 Å². The SMILES string of the molecule is O=C(Cc1ccccc1Cl)Nc1onc(-c2cc(Cl)cc(Cl)c2)c1-c1ccncc1. The number of amides is 1. The maximum atomic E-state index is 12.7. The topological polar surface area (TPSA) is 68.0 Å². The molecule has 8 heteroatoms. The van der Waals surface area contributed by atoms with E-state index in [4.69, 9.17) is 39.3 Å². The monoisotopic (exact) mass is 457 g/mol. The summed E-state index contributed by atoms with van der Waals surface area (Å²) < 4.78 is 5.50. The second kappa shape index (κ2) is 8.88. The van der Waals surface area contributed by atoms with Crippen LogP contribution in [0, 0.1) is 0 Å². The Kier molecular flexibility index (Phi) is 6.04. The van der Waals surface area contributed by atoms with Crippen molar-refractivity contribution in [1.29, 1.82) is 0 Å². The second-order valence-corrected chi connectivity index (χ2v) is 7.73. The summed E-state index contributed by atoms with van der Waals surface area (Å²) in [5.74, 6) is -0.0745. The number of benzene rings is 2. The highest BCUT2D eigenvalue weighted by molar-refractivity contribution is 6.35. The van der Waals surface area contributed by atoms with Gasteiger partial charge in [-0.3, -0.25) is 15.1 Å². The van der Waals surface area contributed by atoms with Crippen LogP contribution >= 0.6 is 34.8 Å². The second-order valence-electron chi connectivity index (χ2n) is 6.45. The molecule has 2 aromatic carbocycles. The maximum Gasteiger partial charge on any atom is 0.239 e. The molecule has 150 valence electrons. The average Bonchev–Trinajstić information content (AvgIpc) is 3.13. The molecular weight excluding hydrogens is 445 g/mol. The van der Waals surface area contributed by atoms with Crippen molar-refractivity contribution < 1.29 is 9.32 Å². The van der Waals surface area contributed by atoms with E-state index in [1.54, 1.807) is 54.9 Å². The molecule has 0 saturated heterocycles. The summed E-state index contributed by atoms with van der Waals surface area (Å²) in [6.45, 7) is 0. The van der Waals surface area contributed by atoms with Crippen LogP contribution in [0.3, 0.4) is 0 Å². The Bertz CT molecular complexity index is 1190. The normalized spacial score (nSPS) is 10.8. The lowest BCUT2D eigenvalue weighted by Crippen LogP contribution is -2.14. The molecule has 0 fully saturated rings. The summed E-state index contributed by atoms with van der Waals surface area (Å²) in [4.78, 5) is 16.7. The van der Waals surface area contributed by atoms with Crippen molar-refractivity contribution in [3.63, 3.8) is 0 Å². The van der Waals surface area contributed by atoms with Crippen molar-refractivity contribution in [3.8, 4) is 22.4 Å². The Balaban J connectivity index is 1.72. The summed E-state index contributed by atoms with van der Waals surface area (Å²) in [6, 6.07) is 15.9. The third-order valence-electron chi connectivity index (χ3n) is 4.36. The average molecular weight is 459 g/mol. The zero-order valence-corrected chi connectivity index (χ0v) is 17.7. The largest absolute Gasteiger partial charge is 0.337 e. The Morgan fingerprint density at radius 3 is 2.33 bits per heavy atom. The first-order valence-corrected chi connectivity index (χ1v) is 10.0. The summed E-state index contributed by atoms with van der Waals surface area (Å²) in [6.07, 6.45) is 3.38. The van der Waals surface area contributed by atoms with E-state index in [9.17, 15) is 4.79 Å². The third-order valence-corrected chi connectivity index (χ3v) is 5.16. The van der Waals surface area contributed by atoms with E-state index < -0.39 is 0 Å². The smallest absolute Gasteiger partial charge is 0.239 e. The predicted octanol–water partition coefficient (Wildman–Crippen LogP) is 6.55. The molecule has 1 amide bonds. The van der Waals surface area contributed by atoms with E-state index in [0.29, 0.717) is 37.5 Å². The zero-order chi connectivity index (χ0) is 21.1. The molecule has 0 aliphatic rings. The van der Waals surface area contributed by atoms with Gasteiger partial charge < -0.3 is 4.52 Å². The zero-order valence-electron chi connectivity index (χ0n) is 15.4. The number of rotatable bonds is 5. The van der Waals surface area contributed by atoms with Crippen LogP contribution in [0.15, 0.2) is 71.5 Å². The van der Waals surface area contributed by atoms with Crippen LogP contribution in [-0.4, -0.2) is 16.0 Å². The molecule has 2 aromatic heterocycles. The fraction of sp³-hybridized carbons (Fsp3) is 0.0455. The van der Waals surface area contributed by atoms with Gasteiger partial charge in [-0.25, -0.2) is 0 Å². The molecule has 4 rings (SSSR count). The van der Waals surface area contributed by atoms with Gasteiger partial charge in [0.15, 0.2) is 0 Å². The molecule has 4 aromatic rings. The minimum Gasteiger partial charge on any atom is -0.337 e. The van der Waals surface area contributed by atoms with Crippen molar-refractivity contribution in [1.82, 2.24) is 10.1 Å². The van der Waals surface area contributed by atoms with Gasteiger partial charge in [-0.2, -0.15) is 0 Å². The first-order chi connectivity index (χ1) is 14.5. The van der Waals surface area contributed by atoms with Gasteiger partial charge in [0.25, 0.3) is 0 Å². The van der Waals surface area contributed by atoms with Crippen LogP contribution in [0.5, 0.6) is 0 Å². The molecule has 0 unspecified atom stereocenters. The number of carbonyl (C=O) groups is 1. The number of nitrogens with one attached hydrogen (secondary N) is 1. The Labute approximate surface area is 187 Å². The Morgan fingerprint density at radius 2 is 1.63 bits per heavy atom. The lowest BCUT2D eigenvalue weighted by atomic mass is 10.0. The molecular formula is C22H14Cl3N3O2. The van der Waals surface area contributed by atoms with Crippen molar-refractivity contribution in [3.05, 3.63) is 87.6 Å². The van der Waals surface area contributed by atoms with E-state index in [1.165, 1.54) is 0 Å². The highest BCUT2D eigenvalue weighted by Crippen LogP contribution is 2.39. The third kappa shape index (κ3) is 4.49. The summed E-state index contributed by atoms with van der Waals surface area (Å²) in [5.41, 5.74) is 3.24. The lowest BCUT2D eigenvalue weighted by Gasteiger charge is -2.07. The first-order valence-electron chi connectivity index (χ1n) is 8.91. The highest BCUT2D eigenvalue weighted by atomic mass is 35.5.